The third-order valence-electron chi connectivity index (χ3n) is 5.19. The molecule has 4 rings (SSSR count). The number of thiazole rings is 1. The van der Waals surface area contributed by atoms with Crippen molar-refractivity contribution in [2.75, 3.05) is 0 Å². The summed E-state index contributed by atoms with van der Waals surface area (Å²) in [5.74, 6) is 0.530. The maximum Gasteiger partial charge on any atom is 0.190 e. The summed E-state index contributed by atoms with van der Waals surface area (Å²) in [6.45, 7) is 5.33. The average molecular weight is 433 g/mol. The first kappa shape index (κ1) is 20.6. The van der Waals surface area contributed by atoms with Crippen LogP contribution in [0.5, 0.6) is 0 Å². The summed E-state index contributed by atoms with van der Waals surface area (Å²) in [4.78, 5) is 5.91. The standard InChI is InChI=1S/C26H25ClN2S/c1-19(2)21-8-10-22(11-9-21)25-18-30-26(28-24-14-12-23(27)13-15-24)29(25)17-16-20-6-4-3-5-7-20/h3-15,18-19H,16-17H2,1-2H3. The number of rotatable bonds is 6. The molecule has 0 saturated heterocycles. The van der Waals surface area contributed by atoms with Crippen LogP contribution in [0.25, 0.3) is 11.3 Å². The molecule has 30 heavy (non-hydrogen) atoms. The molecule has 4 heteroatoms. The normalized spacial score (nSPS) is 11.9. The lowest BCUT2D eigenvalue weighted by Gasteiger charge is -2.11. The second-order valence-electron chi connectivity index (χ2n) is 7.66. The first-order valence-corrected chi connectivity index (χ1v) is 11.5. The molecule has 152 valence electrons. The number of aryl methyl sites for hydroxylation is 1. The highest BCUT2D eigenvalue weighted by Gasteiger charge is 2.10. The van der Waals surface area contributed by atoms with E-state index < -0.39 is 0 Å². The molecule has 0 N–H and O–H groups in total. The maximum atomic E-state index is 6.04. The van der Waals surface area contributed by atoms with E-state index in [0.717, 1.165) is 28.5 Å². The summed E-state index contributed by atoms with van der Waals surface area (Å²) in [7, 11) is 0. The molecular weight excluding hydrogens is 408 g/mol. The second-order valence-corrected chi connectivity index (χ2v) is 8.93. The number of hydrogen-bond acceptors (Lipinski definition) is 2. The van der Waals surface area contributed by atoms with Crippen LogP contribution in [-0.4, -0.2) is 4.57 Å². The van der Waals surface area contributed by atoms with Gasteiger partial charge in [-0.15, -0.1) is 11.3 Å². The summed E-state index contributed by atoms with van der Waals surface area (Å²) >= 11 is 7.72. The molecule has 0 radical (unpaired) electrons. The van der Waals surface area contributed by atoms with Crippen molar-refractivity contribution in [3.63, 3.8) is 0 Å². The van der Waals surface area contributed by atoms with Crippen molar-refractivity contribution >= 4 is 28.6 Å². The zero-order valence-corrected chi connectivity index (χ0v) is 18.8. The largest absolute Gasteiger partial charge is 0.316 e. The first-order chi connectivity index (χ1) is 14.6. The van der Waals surface area contributed by atoms with Crippen molar-refractivity contribution in [3.05, 3.63) is 105 Å². The topological polar surface area (TPSA) is 17.3 Å². The van der Waals surface area contributed by atoms with Crippen LogP contribution in [-0.2, 0) is 13.0 Å². The Kier molecular flexibility index (Phi) is 6.51. The molecule has 4 aromatic rings. The van der Waals surface area contributed by atoms with Gasteiger partial charge in [-0.1, -0.05) is 80.0 Å². The molecular formula is C26H25ClN2S. The van der Waals surface area contributed by atoms with Gasteiger partial charge in [-0.05, 0) is 53.3 Å². The van der Waals surface area contributed by atoms with Crippen LogP contribution in [0.1, 0.15) is 30.9 Å². The SMILES string of the molecule is CC(C)c1ccc(-c2csc(=Nc3ccc(Cl)cc3)n2CCc2ccccc2)cc1. The molecule has 0 atom stereocenters. The minimum atomic E-state index is 0.530. The van der Waals surface area contributed by atoms with Crippen LogP contribution < -0.4 is 4.80 Å². The van der Waals surface area contributed by atoms with E-state index >= 15 is 0 Å². The van der Waals surface area contributed by atoms with Gasteiger partial charge >= 0.3 is 0 Å². The third kappa shape index (κ3) is 4.92. The van der Waals surface area contributed by atoms with Gasteiger partial charge in [0.1, 0.15) is 0 Å². The molecule has 0 spiro atoms. The molecule has 0 bridgehead atoms. The number of benzene rings is 3. The molecule has 0 amide bonds. The molecule has 3 aromatic carbocycles. The molecule has 0 aliphatic rings. The van der Waals surface area contributed by atoms with Crippen LogP contribution in [0.3, 0.4) is 0 Å². The van der Waals surface area contributed by atoms with Crippen LogP contribution in [0.2, 0.25) is 5.02 Å². The Morgan fingerprint density at radius 2 is 1.60 bits per heavy atom. The van der Waals surface area contributed by atoms with Crippen molar-refractivity contribution in [3.8, 4) is 11.3 Å². The van der Waals surface area contributed by atoms with Gasteiger partial charge in [0.25, 0.3) is 0 Å². The highest BCUT2D eigenvalue weighted by Crippen LogP contribution is 2.24. The molecule has 0 aliphatic carbocycles. The highest BCUT2D eigenvalue weighted by molar-refractivity contribution is 7.07. The van der Waals surface area contributed by atoms with Crippen molar-refractivity contribution in [1.29, 1.82) is 0 Å². The summed E-state index contributed by atoms with van der Waals surface area (Å²) < 4.78 is 2.33. The van der Waals surface area contributed by atoms with Crippen molar-refractivity contribution in [1.82, 2.24) is 4.57 Å². The van der Waals surface area contributed by atoms with Gasteiger partial charge in [0.2, 0.25) is 0 Å². The van der Waals surface area contributed by atoms with Crippen LogP contribution in [0.15, 0.2) is 89.2 Å². The quantitative estimate of drug-likeness (QED) is 0.300. The van der Waals surface area contributed by atoms with Crippen LogP contribution in [0, 0.1) is 0 Å². The van der Waals surface area contributed by atoms with Crippen LogP contribution in [0.4, 0.5) is 5.69 Å². The Hall–Kier alpha value is -2.62. The van der Waals surface area contributed by atoms with E-state index in [2.05, 4.69) is 78.4 Å². The average Bonchev–Trinajstić information content (AvgIpc) is 3.17. The number of nitrogens with zero attached hydrogens (tertiary/aromatic N) is 2. The zero-order chi connectivity index (χ0) is 20.9. The van der Waals surface area contributed by atoms with E-state index in [1.54, 1.807) is 11.3 Å². The maximum absolute atomic E-state index is 6.04. The van der Waals surface area contributed by atoms with E-state index in [1.807, 2.05) is 24.3 Å². The lowest BCUT2D eigenvalue weighted by Crippen LogP contribution is -2.17. The van der Waals surface area contributed by atoms with Crippen molar-refractivity contribution < 1.29 is 0 Å². The first-order valence-electron chi connectivity index (χ1n) is 10.2. The van der Waals surface area contributed by atoms with Gasteiger partial charge < -0.3 is 4.57 Å². The fourth-order valence-corrected chi connectivity index (χ4v) is 4.50. The Balaban J connectivity index is 1.73. The smallest absolute Gasteiger partial charge is 0.190 e. The monoisotopic (exact) mass is 432 g/mol. The summed E-state index contributed by atoms with van der Waals surface area (Å²) in [5, 5.41) is 2.94. The van der Waals surface area contributed by atoms with E-state index in [1.165, 1.54) is 22.4 Å². The summed E-state index contributed by atoms with van der Waals surface area (Å²) in [5.41, 5.74) is 6.03. The van der Waals surface area contributed by atoms with E-state index in [0.29, 0.717) is 5.92 Å². The molecule has 1 heterocycles. The summed E-state index contributed by atoms with van der Waals surface area (Å²) in [6, 6.07) is 27.2. The van der Waals surface area contributed by atoms with E-state index in [9.17, 15) is 0 Å². The van der Waals surface area contributed by atoms with Gasteiger partial charge in [0.05, 0.1) is 11.4 Å². The summed E-state index contributed by atoms with van der Waals surface area (Å²) in [6.07, 6.45) is 0.961. The van der Waals surface area contributed by atoms with Crippen molar-refractivity contribution in [2.24, 2.45) is 4.99 Å². The lowest BCUT2D eigenvalue weighted by atomic mass is 10.0. The molecule has 1 aromatic heterocycles. The van der Waals surface area contributed by atoms with Gasteiger partial charge in [-0.25, -0.2) is 4.99 Å². The van der Waals surface area contributed by atoms with Gasteiger partial charge in [0, 0.05) is 16.9 Å². The Morgan fingerprint density at radius 1 is 0.900 bits per heavy atom. The van der Waals surface area contributed by atoms with E-state index in [4.69, 9.17) is 16.6 Å². The zero-order valence-electron chi connectivity index (χ0n) is 17.3. The second kappa shape index (κ2) is 9.46. The fraction of sp³-hybridized carbons (Fsp3) is 0.192. The number of halogens is 1. The number of hydrogen-bond donors (Lipinski definition) is 0. The Labute approximate surface area is 187 Å². The van der Waals surface area contributed by atoms with Gasteiger partial charge in [-0.3, -0.25) is 0 Å². The Bertz CT molecular complexity index is 1150. The minimum absolute atomic E-state index is 0.530. The van der Waals surface area contributed by atoms with Crippen molar-refractivity contribution in [2.45, 2.75) is 32.7 Å². The molecule has 0 saturated carbocycles. The predicted octanol–water partition coefficient (Wildman–Crippen LogP) is 7.47. The highest BCUT2D eigenvalue weighted by atomic mass is 35.5. The molecule has 2 nitrogen and oxygen atoms in total. The Morgan fingerprint density at radius 3 is 2.27 bits per heavy atom. The van der Waals surface area contributed by atoms with E-state index in [-0.39, 0.29) is 0 Å². The number of aromatic nitrogens is 1. The minimum Gasteiger partial charge on any atom is -0.316 e. The third-order valence-corrected chi connectivity index (χ3v) is 6.30. The molecule has 0 aliphatic heterocycles. The predicted molar refractivity (Wildman–Crippen MR) is 129 cm³/mol. The molecule has 0 fully saturated rings. The fourth-order valence-electron chi connectivity index (χ4n) is 3.42. The van der Waals surface area contributed by atoms with Crippen LogP contribution >= 0.6 is 22.9 Å². The lowest BCUT2D eigenvalue weighted by molar-refractivity contribution is 0.684. The van der Waals surface area contributed by atoms with Gasteiger partial charge in [-0.2, -0.15) is 0 Å². The molecule has 0 unspecified atom stereocenters. The van der Waals surface area contributed by atoms with Gasteiger partial charge in [0.15, 0.2) is 4.80 Å².